The number of aromatic carboxylic acids is 1. The summed E-state index contributed by atoms with van der Waals surface area (Å²) in [7, 11) is 1.56. The van der Waals surface area contributed by atoms with Gasteiger partial charge in [0.2, 0.25) is 0 Å². The summed E-state index contributed by atoms with van der Waals surface area (Å²) in [4.78, 5) is 24.7. The minimum Gasteiger partial charge on any atom is -0.507 e. The molecule has 0 saturated heterocycles. The maximum absolute atomic E-state index is 12.2. The molecule has 0 aliphatic rings. The van der Waals surface area contributed by atoms with Gasteiger partial charge >= 0.3 is 12.0 Å². The van der Waals surface area contributed by atoms with Crippen LogP contribution in [0.15, 0.2) is 18.2 Å². The van der Waals surface area contributed by atoms with Crippen LogP contribution in [0, 0.1) is 0 Å². The number of benzene rings is 1. The van der Waals surface area contributed by atoms with Gasteiger partial charge in [0.1, 0.15) is 11.3 Å². The van der Waals surface area contributed by atoms with E-state index in [0.717, 1.165) is 0 Å². The number of carbonyl (C=O) groups is 2. The number of nitrogens with zero attached hydrogens (tertiary/aromatic N) is 1. The smallest absolute Gasteiger partial charge is 0.339 e. The lowest BCUT2D eigenvalue weighted by Gasteiger charge is -2.27. The van der Waals surface area contributed by atoms with Crippen LogP contribution in [0.2, 0.25) is 0 Å². The highest BCUT2D eigenvalue weighted by Crippen LogP contribution is 2.21. The number of phenols is 1. The molecule has 1 aromatic carbocycles. The SMILES string of the molecule is CCN(C(=O)Nc1ccc(O)c(C(=O)O)c1)C(C)COC. The first kappa shape index (κ1) is 16.8. The molecule has 0 spiro atoms. The van der Waals surface area contributed by atoms with Gasteiger partial charge in [-0.1, -0.05) is 0 Å². The van der Waals surface area contributed by atoms with E-state index in [1.807, 2.05) is 13.8 Å². The van der Waals surface area contributed by atoms with Crippen molar-refractivity contribution in [1.82, 2.24) is 4.90 Å². The molecule has 1 aromatic rings. The fraction of sp³-hybridized carbons (Fsp3) is 0.429. The van der Waals surface area contributed by atoms with Crippen molar-refractivity contribution < 1.29 is 24.5 Å². The average Bonchev–Trinajstić information content (AvgIpc) is 2.41. The fourth-order valence-electron chi connectivity index (χ4n) is 1.97. The molecule has 0 radical (unpaired) electrons. The lowest BCUT2D eigenvalue weighted by molar-refractivity contribution is 0.0693. The molecule has 21 heavy (non-hydrogen) atoms. The third-order valence-corrected chi connectivity index (χ3v) is 3.02. The number of nitrogens with one attached hydrogen (secondary N) is 1. The second-order valence-electron chi connectivity index (χ2n) is 4.56. The van der Waals surface area contributed by atoms with Gasteiger partial charge in [0.05, 0.1) is 12.6 Å². The molecule has 0 bridgehead atoms. The number of carboxylic acid groups (broad SMARTS) is 1. The Morgan fingerprint density at radius 1 is 1.43 bits per heavy atom. The lowest BCUT2D eigenvalue weighted by Crippen LogP contribution is -2.43. The van der Waals surface area contributed by atoms with Crippen molar-refractivity contribution in [2.24, 2.45) is 0 Å². The summed E-state index contributed by atoms with van der Waals surface area (Å²) in [5.74, 6) is -1.61. The number of hydrogen-bond acceptors (Lipinski definition) is 4. The molecule has 1 rings (SSSR count). The molecule has 0 fully saturated rings. The number of hydrogen-bond donors (Lipinski definition) is 3. The van der Waals surface area contributed by atoms with Crippen LogP contribution in [0.3, 0.4) is 0 Å². The maximum atomic E-state index is 12.2. The first-order valence-electron chi connectivity index (χ1n) is 6.53. The van der Waals surface area contributed by atoms with Gasteiger partial charge in [-0.25, -0.2) is 9.59 Å². The Balaban J connectivity index is 2.87. The molecule has 1 atom stereocenters. The normalized spacial score (nSPS) is 11.8. The molecule has 1 unspecified atom stereocenters. The van der Waals surface area contributed by atoms with E-state index in [-0.39, 0.29) is 23.4 Å². The predicted octanol–water partition coefficient (Wildman–Crippen LogP) is 1.98. The highest BCUT2D eigenvalue weighted by Gasteiger charge is 2.19. The lowest BCUT2D eigenvalue weighted by atomic mass is 10.2. The summed E-state index contributed by atoms with van der Waals surface area (Å²) in [6.07, 6.45) is 0. The molecule has 0 aromatic heterocycles. The average molecular weight is 296 g/mol. The molecular formula is C14H20N2O5. The molecule has 0 aliphatic carbocycles. The Labute approximate surface area is 123 Å². The Bertz CT molecular complexity index is 518. The topological polar surface area (TPSA) is 99.1 Å². The van der Waals surface area contributed by atoms with Crippen LogP contribution < -0.4 is 5.32 Å². The number of rotatable bonds is 6. The van der Waals surface area contributed by atoms with Gasteiger partial charge in [-0.15, -0.1) is 0 Å². The first-order chi connectivity index (χ1) is 9.90. The summed E-state index contributed by atoms with van der Waals surface area (Å²) in [5, 5.41) is 21.0. The number of methoxy groups -OCH3 is 1. The van der Waals surface area contributed by atoms with E-state index in [9.17, 15) is 14.7 Å². The quantitative estimate of drug-likeness (QED) is 0.697. The molecule has 0 aliphatic heterocycles. The zero-order valence-corrected chi connectivity index (χ0v) is 12.3. The Kier molecular flexibility index (Phi) is 5.98. The summed E-state index contributed by atoms with van der Waals surface area (Å²) in [5.41, 5.74) is 0.0408. The zero-order valence-electron chi connectivity index (χ0n) is 12.3. The van der Waals surface area contributed by atoms with Crippen LogP contribution in [0.25, 0.3) is 0 Å². The van der Waals surface area contributed by atoms with Crippen molar-refractivity contribution in [3.8, 4) is 5.75 Å². The van der Waals surface area contributed by atoms with E-state index < -0.39 is 5.97 Å². The second-order valence-corrected chi connectivity index (χ2v) is 4.56. The fourth-order valence-corrected chi connectivity index (χ4v) is 1.97. The Morgan fingerprint density at radius 2 is 2.10 bits per heavy atom. The van der Waals surface area contributed by atoms with E-state index in [2.05, 4.69) is 5.32 Å². The number of carboxylic acids is 1. The van der Waals surface area contributed by atoms with Crippen molar-refractivity contribution in [2.45, 2.75) is 19.9 Å². The molecule has 3 N–H and O–H groups in total. The van der Waals surface area contributed by atoms with Gasteiger partial charge in [-0.05, 0) is 32.0 Å². The number of urea groups is 1. The standard InChI is InChI=1S/C14H20N2O5/c1-4-16(9(2)8-21-3)14(20)15-10-5-6-12(17)11(7-10)13(18)19/h5-7,9,17H,4,8H2,1-3H3,(H,15,20)(H,18,19). The van der Waals surface area contributed by atoms with Crippen LogP contribution in [0.1, 0.15) is 24.2 Å². The summed E-state index contributed by atoms with van der Waals surface area (Å²) in [6.45, 7) is 4.58. The van der Waals surface area contributed by atoms with E-state index in [0.29, 0.717) is 18.8 Å². The summed E-state index contributed by atoms with van der Waals surface area (Å²) in [6, 6.07) is 3.41. The third kappa shape index (κ3) is 4.35. The molecule has 7 heteroatoms. The van der Waals surface area contributed by atoms with Gasteiger partial charge in [0.15, 0.2) is 0 Å². The van der Waals surface area contributed by atoms with Crippen molar-refractivity contribution in [3.63, 3.8) is 0 Å². The van der Waals surface area contributed by atoms with Gasteiger partial charge in [0.25, 0.3) is 0 Å². The Morgan fingerprint density at radius 3 is 2.62 bits per heavy atom. The molecular weight excluding hydrogens is 276 g/mol. The number of ether oxygens (including phenoxy) is 1. The minimum absolute atomic E-state index is 0.115. The largest absolute Gasteiger partial charge is 0.507 e. The molecule has 7 nitrogen and oxygen atoms in total. The highest BCUT2D eigenvalue weighted by molar-refractivity contribution is 5.95. The second kappa shape index (κ2) is 7.49. The van der Waals surface area contributed by atoms with Gasteiger partial charge < -0.3 is 25.2 Å². The van der Waals surface area contributed by atoms with E-state index in [1.54, 1.807) is 12.0 Å². The number of carbonyl (C=O) groups excluding carboxylic acids is 1. The van der Waals surface area contributed by atoms with Crippen LogP contribution in [-0.4, -0.2) is 53.4 Å². The maximum Gasteiger partial charge on any atom is 0.339 e. The summed E-state index contributed by atoms with van der Waals surface area (Å²) >= 11 is 0. The zero-order chi connectivity index (χ0) is 16.0. The molecule has 2 amide bonds. The van der Waals surface area contributed by atoms with Crippen molar-refractivity contribution in [1.29, 1.82) is 0 Å². The number of anilines is 1. The van der Waals surface area contributed by atoms with E-state index >= 15 is 0 Å². The number of aromatic hydroxyl groups is 1. The molecule has 116 valence electrons. The number of likely N-dealkylation sites (N-methyl/N-ethyl adjacent to an activating group) is 1. The Hall–Kier alpha value is -2.28. The van der Waals surface area contributed by atoms with Crippen LogP contribution >= 0.6 is 0 Å². The van der Waals surface area contributed by atoms with Crippen molar-refractivity contribution in [2.75, 3.05) is 25.6 Å². The van der Waals surface area contributed by atoms with Gasteiger partial charge in [-0.3, -0.25) is 0 Å². The number of amides is 2. The summed E-state index contributed by atoms with van der Waals surface area (Å²) < 4.78 is 5.02. The highest BCUT2D eigenvalue weighted by atomic mass is 16.5. The van der Waals surface area contributed by atoms with Crippen molar-refractivity contribution >= 4 is 17.7 Å². The van der Waals surface area contributed by atoms with Crippen LogP contribution in [-0.2, 0) is 4.74 Å². The van der Waals surface area contributed by atoms with E-state index in [1.165, 1.54) is 18.2 Å². The van der Waals surface area contributed by atoms with Crippen LogP contribution in [0.4, 0.5) is 10.5 Å². The molecule has 0 heterocycles. The third-order valence-electron chi connectivity index (χ3n) is 3.02. The van der Waals surface area contributed by atoms with Gasteiger partial charge in [0, 0.05) is 19.3 Å². The molecule has 0 saturated carbocycles. The van der Waals surface area contributed by atoms with Gasteiger partial charge in [-0.2, -0.15) is 0 Å². The monoisotopic (exact) mass is 296 g/mol. The van der Waals surface area contributed by atoms with Crippen molar-refractivity contribution in [3.05, 3.63) is 23.8 Å². The van der Waals surface area contributed by atoms with E-state index in [4.69, 9.17) is 9.84 Å². The van der Waals surface area contributed by atoms with Crippen LogP contribution in [0.5, 0.6) is 5.75 Å². The first-order valence-corrected chi connectivity index (χ1v) is 6.53. The predicted molar refractivity (Wildman–Crippen MR) is 77.8 cm³/mol. The minimum atomic E-state index is -1.26.